The molecule has 1 aromatic carbocycles. The van der Waals surface area contributed by atoms with E-state index in [1.54, 1.807) is 0 Å². The molecule has 0 atom stereocenters. The summed E-state index contributed by atoms with van der Waals surface area (Å²) in [5.74, 6) is -0.582. The van der Waals surface area contributed by atoms with Crippen molar-refractivity contribution in [2.75, 3.05) is 11.9 Å². The van der Waals surface area contributed by atoms with Gasteiger partial charge in [-0.2, -0.15) is 0 Å². The normalized spacial score (nSPS) is 11.6. The van der Waals surface area contributed by atoms with E-state index in [0.29, 0.717) is 12.2 Å². The van der Waals surface area contributed by atoms with Crippen LogP contribution in [0.15, 0.2) is 22.7 Å². The molecule has 1 rings (SSSR count). The Balaban J connectivity index is 2.57. The third kappa shape index (κ3) is 7.33. The Bertz CT molecular complexity index is 493. The van der Waals surface area contributed by atoms with Crippen LogP contribution in [0.3, 0.4) is 0 Å². The predicted octanol–water partition coefficient (Wildman–Crippen LogP) is 3.67. The first kappa shape index (κ1) is 17.8. The zero-order chi connectivity index (χ0) is 16.0. The van der Waals surface area contributed by atoms with Crippen LogP contribution in [0.5, 0.6) is 5.75 Å². The van der Waals surface area contributed by atoms with Gasteiger partial charge in [-0.05, 0) is 34.1 Å². The van der Waals surface area contributed by atoms with E-state index >= 15 is 0 Å². The van der Waals surface area contributed by atoms with Crippen LogP contribution in [0, 0.1) is 0 Å². The number of alkyl halides is 3. The van der Waals surface area contributed by atoms with E-state index in [1.807, 2.05) is 13.8 Å². The van der Waals surface area contributed by atoms with E-state index in [9.17, 15) is 18.0 Å². The lowest BCUT2D eigenvalue weighted by molar-refractivity contribution is -0.274. The fourth-order valence-electron chi connectivity index (χ4n) is 1.48. The van der Waals surface area contributed by atoms with Crippen molar-refractivity contribution in [3.05, 3.63) is 22.7 Å². The molecule has 118 valence electrons. The van der Waals surface area contributed by atoms with Gasteiger partial charge in [0.1, 0.15) is 5.75 Å². The monoisotopic (exact) mass is 368 g/mol. The molecular formula is C13H16BrF3N2O2. The van der Waals surface area contributed by atoms with Crippen molar-refractivity contribution in [1.82, 2.24) is 5.32 Å². The lowest BCUT2D eigenvalue weighted by Crippen LogP contribution is -2.27. The summed E-state index contributed by atoms with van der Waals surface area (Å²) in [5.41, 5.74) is 0.394. The molecule has 0 radical (unpaired) electrons. The number of carbonyl (C=O) groups excluding carboxylic acids is 1. The van der Waals surface area contributed by atoms with Crippen molar-refractivity contribution in [3.63, 3.8) is 0 Å². The molecule has 0 saturated carbocycles. The van der Waals surface area contributed by atoms with Crippen LogP contribution >= 0.6 is 15.9 Å². The van der Waals surface area contributed by atoms with Crippen molar-refractivity contribution in [2.24, 2.45) is 0 Å². The van der Waals surface area contributed by atoms with E-state index in [2.05, 4.69) is 31.3 Å². The molecule has 21 heavy (non-hydrogen) atoms. The molecule has 0 fully saturated rings. The molecule has 0 saturated heterocycles. The number of halogens is 4. The Morgan fingerprint density at radius 1 is 1.38 bits per heavy atom. The van der Waals surface area contributed by atoms with E-state index in [0.717, 1.165) is 6.07 Å². The maximum absolute atomic E-state index is 12.1. The number of rotatable bonds is 6. The average Bonchev–Trinajstić information content (AvgIpc) is 2.30. The molecule has 8 heteroatoms. The molecule has 0 aliphatic rings. The zero-order valence-electron chi connectivity index (χ0n) is 11.6. The number of ether oxygens (including phenoxy) is 1. The summed E-state index contributed by atoms with van der Waals surface area (Å²) < 4.78 is 40.3. The fourth-order valence-corrected chi connectivity index (χ4v) is 1.94. The summed E-state index contributed by atoms with van der Waals surface area (Å²) in [5, 5.41) is 5.69. The van der Waals surface area contributed by atoms with Gasteiger partial charge >= 0.3 is 6.36 Å². The molecule has 0 bridgehead atoms. The molecule has 1 aromatic rings. The molecule has 0 spiro atoms. The highest BCUT2D eigenvalue weighted by Gasteiger charge is 2.31. The van der Waals surface area contributed by atoms with Gasteiger partial charge in [-0.1, -0.05) is 13.8 Å². The summed E-state index contributed by atoms with van der Waals surface area (Å²) in [6.45, 7) is 4.46. The molecule has 0 heterocycles. The number of anilines is 1. The van der Waals surface area contributed by atoms with Crippen molar-refractivity contribution in [2.45, 2.75) is 32.7 Å². The van der Waals surface area contributed by atoms with Gasteiger partial charge in [0.2, 0.25) is 5.91 Å². The molecule has 0 unspecified atom stereocenters. The van der Waals surface area contributed by atoms with Crippen LogP contribution in [0.4, 0.5) is 18.9 Å². The minimum absolute atomic E-state index is 0.109. The first-order valence-corrected chi connectivity index (χ1v) is 7.05. The smallest absolute Gasteiger partial charge is 0.405 e. The summed E-state index contributed by atoms with van der Waals surface area (Å²) in [6, 6.07) is 4.12. The number of nitrogens with one attached hydrogen (secondary N) is 2. The van der Waals surface area contributed by atoms with E-state index in [1.165, 1.54) is 12.1 Å². The Labute approximate surface area is 129 Å². The van der Waals surface area contributed by atoms with Crippen LogP contribution in [0.25, 0.3) is 0 Å². The molecule has 1 amide bonds. The Kier molecular flexibility index (Phi) is 6.47. The van der Waals surface area contributed by atoms with Crippen molar-refractivity contribution in [3.8, 4) is 5.75 Å². The Morgan fingerprint density at radius 3 is 2.57 bits per heavy atom. The second-order valence-electron chi connectivity index (χ2n) is 4.60. The van der Waals surface area contributed by atoms with Gasteiger partial charge in [-0.15, -0.1) is 13.2 Å². The number of carbonyl (C=O) groups is 1. The third-order valence-electron chi connectivity index (χ3n) is 2.35. The molecular weight excluding hydrogens is 353 g/mol. The zero-order valence-corrected chi connectivity index (χ0v) is 13.1. The van der Waals surface area contributed by atoms with E-state index in [-0.39, 0.29) is 28.6 Å². The fraction of sp³-hybridized carbons (Fsp3) is 0.462. The topological polar surface area (TPSA) is 50.4 Å². The molecule has 0 aliphatic carbocycles. The van der Waals surface area contributed by atoms with Crippen LogP contribution in [-0.4, -0.2) is 24.9 Å². The van der Waals surface area contributed by atoms with Crippen LogP contribution in [0.1, 0.15) is 20.3 Å². The first-order valence-electron chi connectivity index (χ1n) is 6.26. The number of benzene rings is 1. The van der Waals surface area contributed by atoms with Gasteiger partial charge in [-0.3, -0.25) is 4.79 Å². The van der Waals surface area contributed by atoms with Crippen LogP contribution in [0.2, 0.25) is 0 Å². The van der Waals surface area contributed by atoms with E-state index < -0.39 is 6.36 Å². The summed E-state index contributed by atoms with van der Waals surface area (Å²) in [6.07, 6.45) is -4.48. The SMILES string of the molecule is CC(C)NCCC(=O)Nc1ccc(OC(F)(F)F)c(Br)c1. The summed E-state index contributed by atoms with van der Waals surface area (Å²) in [4.78, 5) is 11.6. The summed E-state index contributed by atoms with van der Waals surface area (Å²) in [7, 11) is 0. The Morgan fingerprint density at radius 2 is 2.05 bits per heavy atom. The lowest BCUT2D eigenvalue weighted by Gasteiger charge is -2.12. The van der Waals surface area contributed by atoms with Gasteiger partial charge in [0.15, 0.2) is 0 Å². The largest absolute Gasteiger partial charge is 0.573 e. The lowest BCUT2D eigenvalue weighted by atomic mass is 10.3. The second kappa shape index (κ2) is 7.65. The molecule has 4 nitrogen and oxygen atoms in total. The van der Waals surface area contributed by atoms with Gasteiger partial charge < -0.3 is 15.4 Å². The third-order valence-corrected chi connectivity index (χ3v) is 2.97. The molecule has 2 N–H and O–H groups in total. The Hall–Kier alpha value is -1.28. The van der Waals surface area contributed by atoms with E-state index in [4.69, 9.17) is 0 Å². The molecule has 0 aromatic heterocycles. The first-order chi connectivity index (χ1) is 9.67. The highest BCUT2D eigenvalue weighted by atomic mass is 79.9. The highest BCUT2D eigenvalue weighted by molar-refractivity contribution is 9.10. The van der Waals surface area contributed by atoms with Crippen molar-refractivity contribution >= 4 is 27.5 Å². The number of amides is 1. The van der Waals surface area contributed by atoms with Crippen molar-refractivity contribution in [1.29, 1.82) is 0 Å². The maximum Gasteiger partial charge on any atom is 0.573 e. The highest BCUT2D eigenvalue weighted by Crippen LogP contribution is 2.32. The second-order valence-corrected chi connectivity index (χ2v) is 5.45. The van der Waals surface area contributed by atoms with Crippen LogP contribution < -0.4 is 15.4 Å². The van der Waals surface area contributed by atoms with Gasteiger partial charge in [0, 0.05) is 24.7 Å². The maximum atomic E-state index is 12.1. The number of hydrogen-bond acceptors (Lipinski definition) is 3. The predicted molar refractivity (Wildman–Crippen MR) is 77.2 cm³/mol. The summed E-state index contributed by atoms with van der Waals surface area (Å²) >= 11 is 2.97. The van der Waals surface area contributed by atoms with Gasteiger partial charge in [-0.25, -0.2) is 0 Å². The number of hydrogen-bond donors (Lipinski definition) is 2. The standard InChI is InChI=1S/C13H16BrF3N2O2/c1-8(2)18-6-5-12(20)19-9-3-4-11(10(14)7-9)21-13(15,16)17/h3-4,7-8,18H,5-6H2,1-2H3,(H,19,20). The van der Waals surface area contributed by atoms with Crippen LogP contribution in [-0.2, 0) is 4.79 Å². The average molecular weight is 369 g/mol. The van der Waals surface area contributed by atoms with Gasteiger partial charge in [0.25, 0.3) is 0 Å². The quantitative estimate of drug-likeness (QED) is 0.805. The minimum Gasteiger partial charge on any atom is -0.405 e. The minimum atomic E-state index is -4.75. The van der Waals surface area contributed by atoms with Crippen molar-refractivity contribution < 1.29 is 22.7 Å². The molecule has 0 aliphatic heterocycles. The van der Waals surface area contributed by atoms with Gasteiger partial charge in [0.05, 0.1) is 4.47 Å².